The first-order valence-electron chi connectivity index (χ1n) is 6.75. The van der Waals surface area contributed by atoms with E-state index in [2.05, 4.69) is 21.2 Å². The van der Waals surface area contributed by atoms with Crippen molar-refractivity contribution < 1.29 is 24.1 Å². The molecule has 0 aromatic heterocycles. The Bertz CT molecular complexity index is 485. The quantitative estimate of drug-likeness (QED) is 0.483. The van der Waals surface area contributed by atoms with Crippen LogP contribution in [0.5, 0.6) is 11.5 Å². The van der Waals surface area contributed by atoms with Crippen LogP contribution in [0.1, 0.15) is 5.56 Å². The molecule has 0 aliphatic rings. The molecule has 0 spiro atoms. The number of halogens is 1. The van der Waals surface area contributed by atoms with Gasteiger partial charge >= 0.3 is 0 Å². The number of aliphatic hydroxyl groups is 1. The third-order valence-electron chi connectivity index (χ3n) is 2.64. The van der Waals surface area contributed by atoms with E-state index in [0.29, 0.717) is 42.3 Å². The van der Waals surface area contributed by atoms with Crippen LogP contribution in [-0.2, 0) is 16.1 Å². The van der Waals surface area contributed by atoms with E-state index < -0.39 is 5.91 Å². The van der Waals surface area contributed by atoms with Crippen molar-refractivity contribution in [2.75, 3.05) is 40.1 Å². The molecule has 4 N–H and O–H groups in total. The van der Waals surface area contributed by atoms with Crippen molar-refractivity contribution in [1.29, 1.82) is 0 Å². The molecule has 0 unspecified atom stereocenters. The Labute approximate surface area is 137 Å². The predicted molar refractivity (Wildman–Crippen MR) is 85.0 cm³/mol. The highest BCUT2D eigenvalue weighted by atomic mass is 79.9. The van der Waals surface area contributed by atoms with Crippen molar-refractivity contribution in [3.8, 4) is 11.5 Å². The highest BCUT2D eigenvalue weighted by Crippen LogP contribution is 2.36. The fraction of sp³-hybridized carbons (Fsp3) is 0.500. The third kappa shape index (κ3) is 6.61. The molecule has 124 valence electrons. The Morgan fingerprint density at radius 2 is 2.18 bits per heavy atom. The fourth-order valence-electron chi connectivity index (χ4n) is 1.70. The molecular weight excluding hydrogens is 356 g/mol. The average molecular weight is 377 g/mol. The molecule has 0 aliphatic carbocycles. The van der Waals surface area contributed by atoms with Crippen LogP contribution in [0.25, 0.3) is 0 Å². The van der Waals surface area contributed by atoms with Gasteiger partial charge in [-0.1, -0.05) is 0 Å². The van der Waals surface area contributed by atoms with Crippen molar-refractivity contribution in [2.45, 2.75) is 6.54 Å². The molecule has 0 fully saturated rings. The number of methoxy groups -OCH3 is 1. The van der Waals surface area contributed by atoms with Crippen molar-refractivity contribution in [3.63, 3.8) is 0 Å². The zero-order valence-corrected chi connectivity index (χ0v) is 14.0. The van der Waals surface area contributed by atoms with E-state index in [-0.39, 0.29) is 13.2 Å². The van der Waals surface area contributed by atoms with Crippen LogP contribution >= 0.6 is 15.9 Å². The molecule has 7 nitrogen and oxygen atoms in total. The second-order valence-electron chi connectivity index (χ2n) is 4.38. The van der Waals surface area contributed by atoms with Crippen LogP contribution in [-0.4, -0.2) is 51.1 Å². The number of amides is 1. The minimum atomic E-state index is -0.553. The Kier molecular flexibility index (Phi) is 8.83. The Morgan fingerprint density at radius 1 is 1.41 bits per heavy atom. The lowest BCUT2D eigenvalue weighted by molar-refractivity contribution is -0.119. The number of nitrogens with one attached hydrogen (secondary N) is 1. The summed E-state index contributed by atoms with van der Waals surface area (Å²) in [6.07, 6.45) is 0. The molecule has 1 amide bonds. The number of carbonyl (C=O) groups is 1. The van der Waals surface area contributed by atoms with Gasteiger partial charge in [-0.3, -0.25) is 4.79 Å². The van der Waals surface area contributed by atoms with Gasteiger partial charge < -0.3 is 30.4 Å². The summed E-state index contributed by atoms with van der Waals surface area (Å²) in [6, 6.07) is 3.70. The van der Waals surface area contributed by atoms with E-state index >= 15 is 0 Å². The molecule has 8 heteroatoms. The maximum Gasteiger partial charge on any atom is 0.255 e. The molecule has 22 heavy (non-hydrogen) atoms. The number of hydrogen-bond donors (Lipinski definition) is 3. The van der Waals surface area contributed by atoms with Gasteiger partial charge in [0.1, 0.15) is 0 Å². The summed E-state index contributed by atoms with van der Waals surface area (Å²) in [6.45, 7) is 1.96. The highest BCUT2D eigenvalue weighted by molar-refractivity contribution is 9.10. The van der Waals surface area contributed by atoms with Gasteiger partial charge in [-0.05, 0) is 33.6 Å². The number of ether oxygens (including phenoxy) is 3. The van der Waals surface area contributed by atoms with Crippen molar-refractivity contribution in [1.82, 2.24) is 5.32 Å². The van der Waals surface area contributed by atoms with Crippen molar-refractivity contribution in [3.05, 3.63) is 22.2 Å². The van der Waals surface area contributed by atoms with E-state index in [1.54, 1.807) is 0 Å². The lowest BCUT2D eigenvalue weighted by Gasteiger charge is -2.14. The lowest BCUT2D eigenvalue weighted by Crippen LogP contribution is -2.21. The van der Waals surface area contributed by atoms with Crippen molar-refractivity contribution >= 4 is 21.8 Å². The van der Waals surface area contributed by atoms with Gasteiger partial charge in [0.15, 0.2) is 18.1 Å². The molecule has 0 bridgehead atoms. The van der Waals surface area contributed by atoms with Crippen LogP contribution in [0.4, 0.5) is 0 Å². The monoisotopic (exact) mass is 376 g/mol. The standard InChI is InChI=1S/C14H21BrN2O5/c1-20-12-7-10(8-17-2-4-21-5-3-18)6-11(15)14(12)22-9-13(16)19/h6-7,17-18H,2-5,8-9H2,1H3,(H2,16,19). The summed E-state index contributed by atoms with van der Waals surface area (Å²) in [7, 11) is 1.53. The van der Waals surface area contributed by atoms with E-state index in [0.717, 1.165) is 5.56 Å². The smallest absolute Gasteiger partial charge is 0.255 e. The van der Waals surface area contributed by atoms with Gasteiger partial charge in [-0.2, -0.15) is 0 Å². The average Bonchev–Trinajstić information content (AvgIpc) is 2.48. The molecule has 0 heterocycles. The summed E-state index contributed by atoms with van der Waals surface area (Å²) in [5.74, 6) is 0.405. The van der Waals surface area contributed by atoms with Gasteiger partial charge in [0, 0.05) is 13.1 Å². The van der Waals surface area contributed by atoms with Crippen molar-refractivity contribution in [2.24, 2.45) is 5.73 Å². The van der Waals surface area contributed by atoms with Gasteiger partial charge in [0.25, 0.3) is 5.91 Å². The molecule has 1 rings (SSSR count). The first-order chi connectivity index (χ1) is 10.6. The van der Waals surface area contributed by atoms with E-state index in [4.69, 9.17) is 25.1 Å². The van der Waals surface area contributed by atoms with E-state index in [1.807, 2.05) is 12.1 Å². The minimum Gasteiger partial charge on any atom is -0.493 e. The maximum absolute atomic E-state index is 10.8. The molecule has 1 aromatic carbocycles. The SMILES string of the molecule is COc1cc(CNCCOCCO)cc(Br)c1OCC(N)=O. The number of rotatable bonds is 11. The van der Waals surface area contributed by atoms with Crippen LogP contribution in [0.15, 0.2) is 16.6 Å². The molecule has 0 aliphatic heterocycles. The Hall–Kier alpha value is -1.35. The van der Waals surface area contributed by atoms with Gasteiger partial charge in [0.05, 0.1) is 31.4 Å². The molecule has 0 radical (unpaired) electrons. The molecule has 1 aromatic rings. The predicted octanol–water partition coefficient (Wildman–Crippen LogP) is 0.420. The topological polar surface area (TPSA) is 103 Å². The van der Waals surface area contributed by atoms with Gasteiger partial charge in [-0.15, -0.1) is 0 Å². The normalized spacial score (nSPS) is 10.5. The van der Waals surface area contributed by atoms with Gasteiger partial charge in [-0.25, -0.2) is 0 Å². The first-order valence-corrected chi connectivity index (χ1v) is 7.54. The minimum absolute atomic E-state index is 0.0247. The second kappa shape index (κ2) is 10.4. The van der Waals surface area contributed by atoms with Crippen LogP contribution in [0.2, 0.25) is 0 Å². The summed E-state index contributed by atoms with van der Waals surface area (Å²) in [5.41, 5.74) is 6.05. The van der Waals surface area contributed by atoms with Crippen LogP contribution < -0.4 is 20.5 Å². The highest BCUT2D eigenvalue weighted by Gasteiger charge is 2.12. The number of primary amides is 1. The largest absolute Gasteiger partial charge is 0.493 e. The van der Waals surface area contributed by atoms with Crippen LogP contribution in [0, 0.1) is 0 Å². The molecule has 0 saturated carbocycles. The molecule has 0 saturated heterocycles. The lowest BCUT2D eigenvalue weighted by atomic mass is 10.2. The summed E-state index contributed by atoms with van der Waals surface area (Å²) in [4.78, 5) is 10.8. The zero-order valence-electron chi connectivity index (χ0n) is 12.4. The number of aliphatic hydroxyl groups excluding tert-OH is 1. The Balaban J connectivity index is 2.58. The molecular formula is C14H21BrN2O5. The number of carbonyl (C=O) groups excluding carboxylic acids is 1. The first kappa shape index (κ1) is 18.7. The Morgan fingerprint density at radius 3 is 2.82 bits per heavy atom. The summed E-state index contributed by atoms with van der Waals surface area (Å²) < 4.78 is 16.4. The van der Waals surface area contributed by atoms with Crippen LogP contribution in [0.3, 0.4) is 0 Å². The number of nitrogens with two attached hydrogens (primary N) is 1. The van der Waals surface area contributed by atoms with Gasteiger partial charge in [0.2, 0.25) is 0 Å². The summed E-state index contributed by atoms with van der Waals surface area (Å²) in [5, 5.41) is 11.8. The molecule has 0 atom stereocenters. The number of hydrogen-bond acceptors (Lipinski definition) is 6. The van der Waals surface area contributed by atoms with E-state index in [1.165, 1.54) is 7.11 Å². The second-order valence-corrected chi connectivity index (χ2v) is 5.23. The third-order valence-corrected chi connectivity index (χ3v) is 3.22. The maximum atomic E-state index is 10.8. The zero-order chi connectivity index (χ0) is 16.4. The number of benzene rings is 1. The van der Waals surface area contributed by atoms with E-state index in [9.17, 15) is 4.79 Å². The fourth-order valence-corrected chi connectivity index (χ4v) is 2.31. The summed E-state index contributed by atoms with van der Waals surface area (Å²) >= 11 is 3.39.